The Morgan fingerprint density at radius 3 is 2.43 bits per heavy atom. The van der Waals surface area contributed by atoms with E-state index in [0.717, 1.165) is 5.56 Å². The number of nitrogens with one attached hydrogen (secondary N) is 1. The van der Waals surface area contributed by atoms with E-state index >= 15 is 0 Å². The molecule has 1 saturated heterocycles. The third kappa shape index (κ3) is 5.02. The van der Waals surface area contributed by atoms with E-state index < -0.39 is 10.0 Å². The van der Waals surface area contributed by atoms with Crippen LogP contribution in [0.15, 0.2) is 47.4 Å². The number of hydrogen-bond acceptors (Lipinski definition) is 5. The van der Waals surface area contributed by atoms with Gasteiger partial charge in [0.15, 0.2) is 6.61 Å². The molecule has 0 bridgehead atoms. The average Bonchev–Trinajstić information content (AvgIpc) is 2.69. The first kappa shape index (κ1) is 20.2. The Balaban J connectivity index is 1.63. The minimum Gasteiger partial charge on any atom is -0.484 e. The van der Waals surface area contributed by atoms with Gasteiger partial charge in [-0.05, 0) is 49.7 Å². The van der Waals surface area contributed by atoms with Crippen molar-refractivity contribution in [2.75, 3.05) is 37.6 Å². The highest BCUT2D eigenvalue weighted by atomic mass is 32.2. The first-order valence-electron chi connectivity index (χ1n) is 9.03. The van der Waals surface area contributed by atoms with Crippen LogP contribution in [0, 0.1) is 13.8 Å². The molecule has 0 radical (unpaired) electrons. The minimum atomic E-state index is -3.67. The lowest BCUT2D eigenvalue weighted by Gasteiger charge is -2.26. The molecule has 1 aliphatic rings. The van der Waals surface area contributed by atoms with Gasteiger partial charge in [0.05, 0.1) is 23.8 Å². The molecule has 7 nitrogen and oxygen atoms in total. The van der Waals surface area contributed by atoms with Crippen LogP contribution >= 0.6 is 0 Å². The number of morpholine rings is 1. The van der Waals surface area contributed by atoms with Crippen molar-refractivity contribution in [1.29, 1.82) is 0 Å². The number of carbonyl (C=O) groups excluding carboxylic acids is 1. The lowest BCUT2D eigenvalue weighted by atomic mass is 10.2. The highest BCUT2D eigenvalue weighted by Crippen LogP contribution is 2.24. The molecule has 0 aliphatic carbocycles. The summed E-state index contributed by atoms with van der Waals surface area (Å²) in [5, 5.41) is 0. The maximum atomic E-state index is 12.5. The fraction of sp³-hybridized carbons (Fsp3) is 0.350. The first-order valence-corrected chi connectivity index (χ1v) is 10.5. The predicted octanol–water partition coefficient (Wildman–Crippen LogP) is 2.34. The van der Waals surface area contributed by atoms with Gasteiger partial charge in [-0.2, -0.15) is 0 Å². The zero-order valence-electron chi connectivity index (χ0n) is 16.0. The molecule has 0 spiro atoms. The van der Waals surface area contributed by atoms with Crippen molar-refractivity contribution in [3.63, 3.8) is 0 Å². The lowest BCUT2D eigenvalue weighted by Crippen LogP contribution is -2.42. The van der Waals surface area contributed by atoms with Crippen molar-refractivity contribution in [1.82, 2.24) is 4.90 Å². The number of carbonyl (C=O) groups is 1. The quantitative estimate of drug-likeness (QED) is 0.799. The molecule has 1 amide bonds. The summed E-state index contributed by atoms with van der Waals surface area (Å²) < 4.78 is 38.5. The van der Waals surface area contributed by atoms with Crippen LogP contribution in [-0.4, -0.2) is 52.1 Å². The fourth-order valence-electron chi connectivity index (χ4n) is 2.81. The number of ether oxygens (including phenoxy) is 2. The van der Waals surface area contributed by atoms with Gasteiger partial charge in [0, 0.05) is 13.1 Å². The summed E-state index contributed by atoms with van der Waals surface area (Å²) in [4.78, 5) is 14.1. The lowest BCUT2D eigenvalue weighted by molar-refractivity contribution is -0.137. The van der Waals surface area contributed by atoms with E-state index in [1.807, 2.05) is 6.92 Å². The Morgan fingerprint density at radius 2 is 1.79 bits per heavy atom. The van der Waals surface area contributed by atoms with E-state index in [4.69, 9.17) is 9.47 Å². The van der Waals surface area contributed by atoms with Gasteiger partial charge in [-0.3, -0.25) is 9.52 Å². The Hall–Kier alpha value is -2.58. The molecular formula is C20H24N2O5S. The van der Waals surface area contributed by atoms with Gasteiger partial charge in [0.2, 0.25) is 0 Å². The largest absolute Gasteiger partial charge is 0.484 e. The standard InChI is InChI=1S/C20H24N2O5S/c1-15-3-6-18(7-4-15)28(24,25)21-19-8-5-17(13-16(19)2)27-14-20(23)22-9-11-26-12-10-22/h3-8,13,21H,9-12,14H2,1-2H3. The second-order valence-electron chi connectivity index (χ2n) is 6.68. The molecule has 0 atom stereocenters. The summed E-state index contributed by atoms with van der Waals surface area (Å²) in [6.07, 6.45) is 0. The molecule has 1 heterocycles. The minimum absolute atomic E-state index is 0.0616. The third-order valence-corrected chi connectivity index (χ3v) is 5.88. The maximum absolute atomic E-state index is 12.5. The van der Waals surface area contributed by atoms with Crippen LogP contribution in [0.2, 0.25) is 0 Å². The summed E-state index contributed by atoms with van der Waals surface area (Å²) in [7, 11) is -3.67. The smallest absolute Gasteiger partial charge is 0.261 e. The highest BCUT2D eigenvalue weighted by molar-refractivity contribution is 7.92. The van der Waals surface area contributed by atoms with Crippen LogP contribution in [0.4, 0.5) is 5.69 Å². The molecule has 0 aromatic heterocycles. The molecule has 150 valence electrons. The molecule has 2 aromatic carbocycles. The van der Waals surface area contributed by atoms with Gasteiger partial charge >= 0.3 is 0 Å². The number of sulfonamides is 1. The molecule has 0 unspecified atom stereocenters. The highest BCUT2D eigenvalue weighted by Gasteiger charge is 2.18. The normalized spacial score (nSPS) is 14.6. The van der Waals surface area contributed by atoms with Gasteiger partial charge in [0.1, 0.15) is 5.75 Å². The van der Waals surface area contributed by atoms with E-state index in [9.17, 15) is 13.2 Å². The summed E-state index contributed by atoms with van der Waals surface area (Å²) in [6.45, 7) is 5.84. The number of anilines is 1. The Morgan fingerprint density at radius 1 is 1.11 bits per heavy atom. The molecule has 0 saturated carbocycles. The average molecular weight is 404 g/mol. The van der Waals surface area contributed by atoms with Crippen LogP contribution in [0.25, 0.3) is 0 Å². The van der Waals surface area contributed by atoms with Crippen molar-refractivity contribution in [2.45, 2.75) is 18.7 Å². The zero-order chi connectivity index (χ0) is 20.1. The van der Waals surface area contributed by atoms with E-state index in [1.54, 1.807) is 54.3 Å². The van der Waals surface area contributed by atoms with E-state index in [2.05, 4.69) is 4.72 Å². The van der Waals surface area contributed by atoms with Gasteiger partial charge in [-0.1, -0.05) is 17.7 Å². The van der Waals surface area contributed by atoms with Gasteiger partial charge in [0.25, 0.3) is 15.9 Å². The fourth-order valence-corrected chi connectivity index (χ4v) is 3.94. The maximum Gasteiger partial charge on any atom is 0.261 e. The van der Waals surface area contributed by atoms with Crippen molar-refractivity contribution in [3.8, 4) is 5.75 Å². The number of aryl methyl sites for hydroxylation is 2. The zero-order valence-corrected chi connectivity index (χ0v) is 16.8. The van der Waals surface area contributed by atoms with Crippen LogP contribution in [-0.2, 0) is 19.6 Å². The molecule has 1 aliphatic heterocycles. The summed E-state index contributed by atoms with van der Waals surface area (Å²) in [5.41, 5.74) is 2.16. The molecule has 28 heavy (non-hydrogen) atoms. The van der Waals surface area contributed by atoms with Crippen LogP contribution in [0.1, 0.15) is 11.1 Å². The Bertz CT molecular complexity index is 936. The predicted molar refractivity (Wildman–Crippen MR) is 106 cm³/mol. The number of hydrogen-bond donors (Lipinski definition) is 1. The van der Waals surface area contributed by atoms with E-state index in [-0.39, 0.29) is 17.4 Å². The summed E-state index contributed by atoms with van der Waals surface area (Å²) in [5.74, 6) is 0.419. The van der Waals surface area contributed by atoms with Crippen molar-refractivity contribution in [2.24, 2.45) is 0 Å². The second-order valence-corrected chi connectivity index (χ2v) is 8.36. The van der Waals surface area contributed by atoms with Crippen LogP contribution < -0.4 is 9.46 Å². The molecule has 2 aromatic rings. The number of benzene rings is 2. The molecule has 1 N–H and O–H groups in total. The monoisotopic (exact) mass is 404 g/mol. The van der Waals surface area contributed by atoms with E-state index in [1.165, 1.54) is 0 Å². The van der Waals surface area contributed by atoms with Crippen molar-refractivity contribution < 1.29 is 22.7 Å². The topological polar surface area (TPSA) is 84.9 Å². The first-order chi connectivity index (χ1) is 13.3. The molecule has 1 fully saturated rings. The number of rotatable bonds is 6. The number of nitrogens with zero attached hydrogens (tertiary/aromatic N) is 1. The summed E-state index contributed by atoms with van der Waals surface area (Å²) in [6, 6.07) is 11.6. The second kappa shape index (κ2) is 8.62. The molecular weight excluding hydrogens is 380 g/mol. The van der Waals surface area contributed by atoms with Crippen LogP contribution in [0.5, 0.6) is 5.75 Å². The van der Waals surface area contributed by atoms with Crippen molar-refractivity contribution in [3.05, 3.63) is 53.6 Å². The van der Waals surface area contributed by atoms with Crippen molar-refractivity contribution >= 4 is 21.6 Å². The third-order valence-electron chi connectivity index (χ3n) is 4.50. The summed E-state index contributed by atoms with van der Waals surface area (Å²) >= 11 is 0. The molecule has 3 rings (SSSR count). The van der Waals surface area contributed by atoms with Crippen LogP contribution in [0.3, 0.4) is 0 Å². The van der Waals surface area contributed by atoms with E-state index in [0.29, 0.717) is 43.3 Å². The van der Waals surface area contributed by atoms with Gasteiger partial charge in [-0.15, -0.1) is 0 Å². The SMILES string of the molecule is Cc1ccc(S(=O)(=O)Nc2ccc(OCC(=O)N3CCOCC3)cc2C)cc1. The Labute approximate surface area is 165 Å². The van der Waals surface area contributed by atoms with Gasteiger partial charge in [-0.25, -0.2) is 8.42 Å². The number of amides is 1. The van der Waals surface area contributed by atoms with Gasteiger partial charge < -0.3 is 14.4 Å². The Kier molecular flexibility index (Phi) is 6.21. The molecule has 8 heteroatoms.